The molecule has 0 radical (unpaired) electrons. The van der Waals surface area contributed by atoms with Crippen molar-refractivity contribution in [1.82, 2.24) is 10.2 Å². The van der Waals surface area contributed by atoms with E-state index in [1.165, 1.54) is 43.5 Å². The van der Waals surface area contributed by atoms with E-state index in [1.54, 1.807) is 6.07 Å². The number of methoxy groups -OCH3 is 1. The zero-order valence-corrected chi connectivity index (χ0v) is 13.0. The van der Waals surface area contributed by atoms with E-state index in [0.717, 1.165) is 12.1 Å². The molecule has 3 aromatic rings. The third kappa shape index (κ3) is 3.60. The molecule has 0 spiro atoms. The molecule has 0 aliphatic rings. The molecule has 3 nitrogen and oxygen atoms in total. The number of benzene rings is 2. The SMILES string of the molecule is COc1cc(-c2ccc(C(F)(F)F)cc2)c(-c2ccc(F)cc2)nn1. The minimum absolute atomic E-state index is 0.223. The van der Waals surface area contributed by atoms with Crippen molar-refractivity contribution in [1.29, 1.82) is 0 Å². The van der Waals surface area contributed by atoms with Gasteiger partial charge in [-0.05, 0) is 42.0 Å². The van der Waals surface area contributed by atoms with Crippen molar-refractivity contribution >= 4 is 0 Å². The first-order chi connectivity index (χ1) is 11.9. The Hall–Kier alpha value is -2.96. The molecule has 0 atom stereocenters. The largest absolute Gasteiger partial charge is 0.480 e. The summed E-state index contributed by atoms with van der Waals surface area (Å²) in [7, 11) is 1.41. The standard InChI is InChI=1S/C18H12F4N2O/c1-25-16-10-15(11-2-6-13(7-3-11)18(20,21)22)17(24-23-16)12-4-8-14(19)9-5-12/h2-10H,1H3. The fourth-order valence-corrected chi connectivity index (χ4v) is 2.35. The second-order valence-corrected chi connectivity index (χ2v) is 5.23. The van der Waals surface area contributed by atoms with Crippen molar-refractivity contribution in [3.8, 4) is 28.3 Å². The summed E-state index contributed by atoms with van der Waals surface area (Å²) in [6.45, 7) is 0. The molecule has 1 aromatic heterocycles. The molecule has 0 saturated carbocycles. The van der Waals surface area contributed by atoms with E-state index in [2.05, 4.69) is 10.2 Å². The van der Waals surface area contributed by atoms with Crippen LogP contribution in [-0.4, -0.2) is 17.3 Å². The van der Waals surface area contributed by atoms with Gasteiger partial charge >= 0.3 is 6.18 Å². The second kappa shape index (κ2) is 6.51. The van der Waals surface area contributed by atoms with Crippen molar-refractivity contribution in [2.24, 2.45) is 0 Å². The summed E-state index contributed by atoms with van der Waals surface area (Å²) < 4.78 is 56.4. The molecule has 0 bridgehead atoms. The van der Waals surface area contributed by atoms with Gasteiger partial charge < -0.3 is 4.74 Å². The zero-order chi connectivity index (χ0) is 18.0. The van der Waals surface area contributed by atoms with Crippen LogP contribution in [0.1, 0.15) is 5.56 Å². The number of nitrogens with zero attached hydrogens (tertiary/aromatic N) is 2. The summed E-state index contributed by atoms with van der Waals surface area (Å²) in [6.07, 6.45) is -4.41. The summed E-state index contributed by atoms with van der Waals surface area (Å²) in [5.41, 5.74) is 1.31. The van der Waals surface area contributed by atoms with Gasteiger partial charge in [0.2, 0.25) is 5.88 Å². The zero-order valence-electron chi connectivity index (χ0n) is 13.0. The van der Waals surface area contributed by atoms with Crippen LogP contribution in [0.25, 0.3) is 22.4 Å². The Balaban J connectivity index is 2.11. The van der Waals surface area contributed by atoms with Crippen LogP contribution in [0.3, 0.4) is 0 Å². The van der Waals surface area contributed by atoms with E-state index in [-0.39, 0.29) is 5.88 Å². The lowest BCUT2D eigenvalue weighted by atomic mass is 9.99. The van der Waals surface area contributed by atoms with E-state index in [9.17, 15) is 17.6 Å². The molecule has 0 aliphatic carbocycles. The highest BCUT2D eigenvalue weighted by Gasteiger charge is 2.30. The van der Waals surface area contributed by atoms with Crippen LogP contribution in [-0.2, 0) is 6.18 Å². The van der Waals surface area contributed by atoms with E-state index in [4.69, 9.17) is 4.74 Å². The topological polar surface area (TPSA) is 35.0 Å². The number of hydrogen-bond donors (Lipinski definition) is 0. The van der Waals surface area contributed by atoms with E-state index >= 15 is 0 Å². The molecule has 7 heteroatoms. The van der Waals surface area contributed by atoms with Gasteiger partial charge in [-0.3, -0.25) is 0 Å². The Labute approximate surface area is 140 Å². The number of halogens is 4. The fourth-order valence-electron chi connectivity index (χ4n) is 2.35. The third-order valence-electron chi connectivity index (χ3n) is 3.62. The minimum atomic E-state index is -4.41. The fraction of sp³-hybridized carbons (Fsp3) is 0.111. The van der Waals surface area contributed by atoms with Gasteiger partial charge in [0.25, 0.3) is 0 Å². The molecule has 1 heterocycles. The lowest BCUT2D eigenvalue weighted by molar-refractivity contribution is -0.137. The number of ether oxygens (including phenoxy) is 1. The lowest BCUT2D eigenvalue weighted by Crippen LogP contribution is -2.04. The molecular weight excluding hydrogens is 336 g/mol. The average Bonchev–Trinajstić information content (AvgIpc) is 2.61. The van der Waals surface area contributed by atoms with Crippen molar-refractivity contribution < 1.29 is 22.3 Å². The average molecular weight is 348 g/mol. The first-order valence-corrected chi connectivity index (χ1v) is 7.24. The Kier molecular flexibility index (Phi) is 4.39. The van der Waals surface area contributed by atoms with Crippen LogP contribution in [0.2, 0.25) is 0 Å². The number of aromatic nitrogens is 2. The van der Waals surface area contributed by atoms with Crippen molar-refractivity contribution in [3.63, 3.8) is 0 Å². The molecule has 0 fully saturated rings. The van der Waals surface area contributed by atoms with Crippen LogP contribution in [0.5, 0.6) is 5.88 Å². The molecule has 3 rings (SSSR count). The number of alkyl halides is 3. The first-order valence-electron chi connectivity index (χ1n) is 7.24. The van der Waals surface area contributed by atoms with E-state index in [0.29, 0.717) is 22.4 Å². The highest BCUT2D eigenvalue weighted by molar-refractivity contribution is 5.81. The highest BCUT2D eigenvalue weighted by atomic mass is 19.4. The van der Waals surface area contributed by atoms with Gasteiger partial charge in [-0.2, -0.15) is 13.2 Å². The summed E-state index contributed by atoms with van der Waals surface area (Å²) in [4.78, 5) is 0. The Morgan fingerprint density at radius 1 is 0.840 bits per heavy atom. The van der Waals surface area contributed by atoms with Crippen molar-refractivity contribution in [2.75, 3.05) is 7.11 Å². The van der Waals surface area contributed by atoms with Crippen LogP contribution in [0.4, 0.5) is 17.6 Å². The van der Waals surface area contributed by atoms with Gasteiger partial charge in [-0.1, -0.05) is 12.1 Å². The molecule has 2 aromatic carbocycles. The molecule has 25 heavy (non-hydrogen) atoms. The maximum atomic E-state index is 13.1. The van der Waals surface area contributed by atoms with Crippen molar-refractivity contribution in [3.05, 3.63) is 66.0 Å². The van der Waals surface area contributed by atoms with Gasteiger partial charge in [0.15, 0.2) is 0 Å². The van der Waals surface area contributed by atoms with Crippen LogP contribution < -0.4 is 4.74 Å². The normalized spacial score (nSPS) is 11.4. The minimum Gasteiger partial charge on any atom is -0.480 e. The molecule has 0 N–H and O–H groups in total. The van der Waals surface area contributed by atoms with E-state index in [1.807, 2.05) is 0 Å². The summed E-state index contributed by atoms with van der Waals surface area (Å²) in [5, 5.41) is 7.97. The maximum Gasteiger partial charge on any atom is 0.416 e. The van der Waals surface area contributed by atoms with Crippen LogP contribution in [0.15, 0.2) is 54.6 Å². The Morgan fingerprint density at radius 2 is 1.44 bits per heavy atom. The molecule has 0 unspecified atom stereocenters. The second-order valence-electron chi connectivity index (χ2n) is 5.23. The molecule has 0 amide bonds. The molecule has 0 saturated heterocycles. The van der Waals surface area contributed by atoms with Gasteiger partial charge in [0.1, 0.15) is 11.5 Å². The van der Waals surface area contributed by atoms with Gasteiger partial charge in [-0.25, -0.2) is 4.39 Å². The molecular formula is C18H12F4N2O. The monoisotopic (exact) mass is 348 g/mol. The van der Waals surface area contributed by atoms with Crippen molar-refractivity contribution in [2.45, 2.75) is 6.18 Å². The first kappa shape index (κ1) is 16.9. The maximum absolute atomic E-state index is 13.1. The Bertz CT molecular complexity index is 875. The van der Waals surface area contributed by atoms with Crippen LogP contribution >= 0.6 is 0 Å². The predicted molar refractivity (Wildman–Crippen MR) is 84.4 cm³/mol. The predicted octanol–water partition coefficient (Wildman–Crippen LogP) is 4.98. The quantitative estimate of drug-likeness (QED) is 0.627. The number of hydrogen-bond acceptors (Lipinski definition) is 3. The number of rotatable bonds is 3. The smallest absolute Gasteiger partial charge is 0.416 e. The third-order valence-corrected chi connectivity index (χ3v) is 3.62. The molecule has 0 aliphatic heterocycles. The lowest BCUT2D eigenvalue weighted by Gasteiger charge is -2.12. The van der Waals surface area contributed by atoms with E-state index < -0.39 is 17.6 Å². The van der Waals surface area contributed by atoms with Crippen LogP contribution in [0, 0.1) is 5.82 Å². The van der Waals surface area contributed by atoms with Gasteiger partial charge in [-0.15, -0.1) is 10.2 Å². The summed E-state index contributed by atoms with van der Waals surface area (Å²) in [6, 6.07) is 11.9. The summed E-state index contributed by atoms with van der Waals surface area (Å²) in [5.74, 6) is -0.179. The summed E-state index contributed by atoms with van der Waals surface area (Å²) >= 11 is 0. The Morgan fingerprint density at radius 3 is 2.00 bits per heavy atom. The molecule has 128 valence electrons. The highest BCUT2D eigenvalue weighted by Crippen LogP contribution is 2.35. The van der Waals surface area contributed by atoms with Gasteiger partial charge in [0.05, 0.1) is 12.7 Å². The van der Waals surface area contributed by atoms with Gasteiger partial charge in [0, 0.05) is 17.2 Å².